The first-order valence-corrected chi connectivity index (χ1v) is 10.5. The third-order valence-corrected chi connectivity index (χ3v) is 6.90. The summed E-state index contributed by atoms with van der Waals surface area (Å²) in [4.78, 5) is 9.84. The monoisotopic (exact) mass is 384 g/mol. The van der Waals surface area contributed by atoms with Crippen molar-refractivity contribution in [1.82, 2.24) is 19.6 Å². The number of likely N-dealkylation sites (tertiary alicyclic amines) is 2. The average Bonchev–Trinajstić information content (AvgIpc) is 3.04. The Morgan fingerprint density at radius 3 is 2.07 bits per heavy atom. The van der Waals surface area contributed by atoms with E-state index in [0.717, 1.165) is 65.3 Å². The van der Waals surface area contributed by atoms with Gasteiger partial charge in [0.1, 0.15) is 0 Å². The van der Waals surface area contributed by atoms with Gasteiger partial charge in [-0.1, -0.05) is 0 Å². The number of hydrogen-bond acceptors (Lipinski definition) is 7. The van der Waals surface area contributed by atoms with Crippen LogP contribution in [0, 0.1) is 0 Å². The first-order chi connectivity index (χ1) is 13.0. The van der Waals surface area contributed by atoms with Crippen molar-refractivity contribution >= 4 is 0 Å². The molecule has 0 spiro atoms. The first kappa shape index (κ1) is 21.4. The molecule has 0 aromatic rings. The smallest absolute Gasteiger partial charge is 0.0964 e. The van der Waals surface area contributed by atoms with Gasteiger partial charge in [-0.05, 0) is 34.0 Å². The zero-order valence-electron chi connectivity index (χ0n) is 18.0. The van der Waals surface area contributed by atoms with E-state index in [2.05, 4.69) is 40.7 Å². The Bertz CT molecular complexity index is 447. The number of rotatable bonds is 7. The van der Waals surface area contributed by atoms with Gasteiger partial charge in [0, 0.05) is 72.1 Å². The van der Waals surface area contributed by atoms with Crippen molar-refractivity contribution in [2.45, 2.75) is 43.2 Å². The van der Waals surface area contributed by atoms with Crippen LogP contribution >= 0.6 is 0 Å². The lowest BCUT2D eigenvalue weighted by atomic mass is 9.90. The average molecular weight is 385 g/mol. The minimum atomic E-state index is 0.161. The van der Waals surface area contributed by atoms with E-state index in [1.807, 2.05) is 14.2 Å². The minimum Gasteiger partial charge on any atom is -0.380 e. The van der Waals surface area contributed by atoms with Gasteiger partial charge in [-0.25, -0.2) is 0 Å². The Morgan fingerprint density at radius 1 is 0.778 bits per heavy atom. The maximum Gasteiger partial charge on any atom is 0.0964 e. The molecule has 7 heteroatoms. The predicted molar refractivity (Wildman–Crippen MR) is 107 cm³/mol. The largest absolute Gasteiger partial charge is 0.380 e. The molecule has 0 aliphatic carbocycles. The molecule has 0 amide bonds. The van der Waals surface area contributed by atoms with Crippen molar-refractivity contribution < 1.29 is 14.2 Å². The van der Waals surface area contributed by atoms with Crippen LogP contribution in [-0.2, 0) is 14.2 Å². The van der Waals surface area contributed by atoms with Crippen molar-refractivity contribution in [3.8, 4) is 0 Å². The maximum absolute atomic E-state index is 6.31. The van der Waals surface area contributed by atoms with Crippen LogP contribution in [0.2, 0.25) is 0 Å². The van der Waals surface area contributed by atoms with E-state index in [1.165, 1.54) is 0 Å². The van der Waals surface area contributed by atoms with E-state index in [-0.39, 0.29) is 12.2 Å². The summed E-state index contributed by atoms with van der Waals surface area (Å²) in [6.45, 7) is 8.39. The van der Waals surface area contributed by atoms with Gasteiger partial charge in [-0.2, -0.15) is 0 Å². The van der Waals surface area contributed by atoms with Gasteiger partial charge in [0.15, 0.2) is 0 Å². The molecule has 27 heavy (non-hydrogen) atoms. The zero-order chi connectivity index (χ0) is 19.4. The van der Waals surface area contributed by atoms with Crippen molar-refractivity contribution in [3.05, 3.63) is 0 Å². The molecule has 0 bridgehead atoms. The fourth-order valence-electron chi connectivity index (χ4n) is 4.97. The van der Waals surface area contributed by atoms with Crippen molar-refractivity contribution in [3.63, 3.8) is 0 Å². The quantitative estimate of drug-likeness (QED) is 0.615. The van der Waals surface area contributed by atoms with Crippen LogP contribution in [-0.4, -0.2) is 138 Å². The maximum atomic E-state index is 6.31. The first-order valence-electron chi connectivity index (χ1n) is 10.5. The minimum absolute atomic E-state index is 0.161. The van der Waals surface area contributed by atoms with Crippen LogP contribution < -0.4 is 0 Å². The molecule has 0 aromatic carbocycles. The normalized spacial score (nSPS) is 37.9. The summed E-state index contributed by atoms with van der Waals surface area (Å²) in [6, 6.07) is 1.03. The highest BCUT2D eigenvalue weighted by Gasteiger charge is 2.43. The molecule has 0 N–H and O–H groups in total. The highest BCUT2D eigenvalue weighted by Crippen LogP contribution is 2.30. The van der Waals surface area contributed by atoms with E-state index >= 15 is 0 Å². The third kappa shape index (κ3) is 5.41. The Kier molecular flexibility index (Phi) is 7.91. The van der Waals surface area contributed by atoms with Gasteiger partial charge in [-0.15, -0.1) is 0 Å². The molecule has 7 nitrogen and oxygen atoms in total. The molecule has 3 aliphatic rings. The number of ether oxygens (including phenoxy) is 3. The predicted octanol–water partition coefficient (Wildman–Crippen LogP) is 0.0572. The second-order valence-corrected chi connectivity index (χ2v) is 8.67. The van der Waals surface area contributed by atoms with Crippen LogP contribution in [0.25, 0.3) is 0 Å². The molecule has 3 fully saturated rings. The molecule has 5 atom stereocenters. The standard InChI is InChI=1S/C20H40N4O3/c1-21-6-8-24(9-7-21)10-11-27-20-15-23(3)18(13-19(20)26-5)17-12-16(25-4)14-22(17)2/h16-20H,6-15H2,1-5H3/t16?,17?,18?,19?,20-/m0/s1. The molecule has 3 rings (SSSR count). The zero-order valence-corrected chi connectivity index (χ0v) is 18.0. The molecular formula is C20H40N4O3. The van der Waals surface area contributed by atoms with Crippen molar-refractivity contribution in [2.24, 2.45) is 0 Å². The van der Waals surface area contributed by atoms with Gasteiger partial charge in [0.2, 0.25) is 0 Å². The molecule has 158 valence electrons. The summed E-state index contributed by atoms with van der Waals surface area (Å²) >= 11 is 0. The fraction of sp³-hybridized carbons (Fsp3) is 1.00. The van der Waals surface area contributed by atoms with Crippen molar-refractivity contribution in [2.75, 3.05) is 87.8 Å². The summed E-state index contributed by atoms with van der Waals surface area (Å²) in [5.41, 5.74) is 0. The molecule has 0 radical (unpaired) electrons. The topological polar surface area (TPSA) is 40.7 Å². The Morgan fingerprint density at radius 2 is 1.44 bits per heavy atom. The number of likely N-dealkylation sites (N-methyl/N-ethyl adjacent to an activating group) is 3. The lowest BCUT2D eigenvalue weighted by Gasteiger charge is -2.45. The summed E-state index contributed by atoms with van der Waals surface area (Å²) in [7, 11) is 10.3. The molecule has 4 unspecified atom stereocenters. The van der Waals surface area contributed by atoms with Gasteiger partial charge < -0.3 is 19.1 Å². The third-order valence-electron chi connectivity index (χ3n) is 6.90. The molecule has 0 aromatic heterocycles. The van der Waals surface area contributed by atoms with Crippen LogP contribution in [0.4, 0.5) is 0 Å². The molecular weight excluding hydrogens is 344 g/mol. The van der Waals surface area contributed by atoms with Gasteiger partial charge in [-0.3, -0.25) is 14.7 Å². The van der Waals surface area contributed by atoms with E-state index in [9.17, 15) is 0 Å². The van der Waals surface area contributed by atoms with E-state index < -0.39 is 0 Å². The Labute approximate surface area is 165 Å². The van der Waals surface area contributed by atoms with Crippen LogP contribution in [0.5, 0.6) is 0 Å². The van der Waals surface area contributed by atoms with E-state index in [0.29, 0.717) is 18.2 Å². The number of piperazine rings is 1. The highest BCUT2D eigenvalue weighted by atomic mass is 16.5. The summed E-state index contributed by atoms with van der Waals surface area (Å²) in [6.07, 6.45) is 2.82. The van der Waals surface area contributed by atoms with E-state index in [1.54, 1.807) is 0 Å². The number of nitrogens with zero attached hydrogens (tertiary/aromatic N) is 4. The van der Waals surface area contributed by atoms with Gasteiger partial charge >= 0.3 is 0 Å². The summed E-state index contributed by atoms with van der Waals surface area (Å²) < 4.78 is 17.8. The molecule has 3 heterocycles. The van der Waals surface area contributed by atoms with E-state index in [4.69, 9.17) is 14.2 Å². The lowest BCUT2D eigenvalue weighted by molar-refractivity contribution is -0.116. The summed E-state index contributed by atoms with van der Waals surface area (Å²) in [5, 5.41) is 0. The second-order valence-electron chi connectivity index (χ2n) is 8.67. The number of methoxy groups -OCH3 is 2. The van der Waals surface area contributed by atoms with Gasteiger partial charge in [0.25, 0.3) is 0 Å². The molecule has 0 saturated carbocycles. The van der Waals surface area contributed by atoms with Crippen LogP contribution in [0.1, 0.15) is 12.8 Å². The van der Waals surface area contributed by atoms with Crippen LogP contribution in [0.15, 0.2) is 0 Å². The highest BCUT2D eigenvalue weighted by molar-refractivity contribution is 4.98. The number of hydrogen-bond donors (Lipinski definition) is 0. The Hall–Kier alpha value is -0.280. The van der Waals surface area contributed by atoms with Gasteiger partial charge in [0.05, 0.1) is 24.9 Å². The Balaban J connectivity index is 1.47. The lowest BCUT2D eigenvalue weighted by Crippen LogP contribution is -2.58. The second kappa shape index (κ2) is 9.96. The van der Waals surface area contributed by atoms with Crippen molar-refractivity contribution in [1.29, 1.82) is 0 Å². The summed E-state index contributed by atoms with van der Waals surface area (Å²) in [5.74, 6) is 0. The molecule has 3 saturated heterocycles. The van der Waals surface area contributed by atoms with Crippen LogP contribution in [0.3, 0.4) is 0 Å². The fourth-order valence-corrected chi connectivity index (χ4v) is 4.97. The molecule has 3 aliphatic heterocycles. The number of piperidine rings is 1. The SMILES string of the molecule is COC1CC(C2CC(OC)[C@@H](OCCN3CCN(C)CC3)CN2C)N(C)C1.